The highest BCUT2D eigenvalue weighted by Gasteiger charge is 2.23. The van der Waals surface area contributed by atoms with Crippen molar-refractivity contribution in [1.82, 2.24) is 20.2 Å². The van der Waals surface area contributed by atoms with Gasteiger partial charge in [-0.05, 0) is 12.8 Å². The third-order valence-corrected chi connectivity index (χ3v) is 3.46. The predicted octanol–water partition coefficient (Wildman–Crippen LogP) is -1.19. The molecule has 2 aliphatic rings. The molecule has 2 heterocycles. The molecule has 0 saturated carbocycles. The molecule has 3 N–H and O–H groups in total. The number of hydrazine groups is 1. The summed E-state index contributed by atoms with van der Waals surface area (Å²) < 4.78 is 0. The third-order valence-electron chi connectivity index (χ3n) is 3.46. The van der Waals surface area contributed by atoms with E-state index in [0.29, 0.717) is 19.6 Å². The van der Waals surface area contributed by atoms with Crippen LogP contribution >= 0.6 is 0 Å². The average Bonchev–Trinajstić information content (AvgIpc) is 2.84. The lowest BCUT2D eigenvalue weighted by Gasteiger charge is -2.34. The minimum atomic E-state index is -0.531. The first-order valence-corrected chi connectivity index (χ1v) is 6.46. The maximum Gasteiger partial charge on any atom is 0.326 e. The zero-order valence-corrected chi connectivity index (χ0v) is 10.6. The van der Waals surface area contributed by atoms with Gasteiger partial charge in [0, 0.05) is 39.3 Å². The van der Waals surface area contributed by atoms with Crippen molar-refractivity contribution in [3.05, 3.63) is 0 Å². The van der Waals surface area contributed by atoms with Crippen molar-refractivity contribution in [2.75, 3.05) is 45.8 Å². The fourth-order valence-corrected chi connectivity index (χ4v) is 2.43. The summed E-state index contributed by atoms with van der Waals surface area (Å²) in [5.41, 5.74) is 7.62. The number of hydrogen-bond acceptors (Lipinski definition) is 4. The van der Waals surface area contributed by atoms with Crippen LogP contribution in [0.15, 0.2) is 0 Å². The maximum atomic E-state index is 12.0. The molecular weight excluding hydrogens is 234 g/mol. The third kappa shape index (κ3) is 3.58. The molecule has 0 aliphatic carbocycles. The number of nitrogens with zero attached hydrogens (tertiary/aromatic N) is 3. The number of urea groups is 1. The van der Waals surface area contributed by atoms with E-state index in [2.05, 4.69) is 10.3 Å². The van der Waals surface area contributed by atoms with Gasteiger partial charge >= 0.3 is 6.03 Å². The molecule has 0 aromatic heterocycles. The first-order valence-electron chi connectivity index (χ1n) is 6.46. The van der Waals surface area contributed by atoms with Crippen LogP contribution in [0.2, 0.25) is 0 Å². The van der Waals surface area contributed by atoms with Gasteiger partial charge in [-0.2, -0.15) is 0 Å². The number of nitrogens with one attached hydrogen (secondary N) is 1. The maximum absolute atomic E-state index is 12.0. The van der Waals surface area contributed by atoms with Gasteiger partial charge < -0.3 is 10.6 Å². The summed E-state index contributed by atoms with van der Waals surface area (Å²) in [5.74, 6) is 0.226. The molecule has 2 rings (SSSR count). The topological polar surface area (TPSA) is 81.9 Å². The second kappa shape index (κ2) is 6.01. The van der Waals surface area contributed by atoms with E-state index in [-0.39, 0.29) is 5.91 Å². The summed E-state index contributed by atoms with van der Waals surface area (Å²) in [6, 6.07) is -0.531. The number of carbonyl (C=O) groups is 2. The lowest BCUT2D eigenvalue weighted by molar-refractivity contribution is -0.131. The molecule has 2 fully saturated rings. The highest BCUT2D eigenvalue weighted by molar-refractivity contribution is 5.78. The molecule has 3 amide bonds. The molecule has 2 aliphatic heterocycles. The molecule has 0 unspecified atom stereocenters. The van der Waals surface area contributed by atoms with Crippen LogP contribution in [-0.4, -0.2) is 72.6 Å². The van der Waals surface area contributed by atoms with Gasteiger partial charge in [-0.1, -0.05) is 0 Å². The summed E-state index contributed by atoms with van der Waals surface area (Å²) >= 11 is 0. The Hall–Kier alpha value is -1.34. The van der Waals surface area contributed by atoms with Crippen LogP contribution in [0.3, 0.4) is 0 Å². The van der Waals surface area contributed by atoms with E-state index in [0.717, 1.165) is 39.0 Å². The summed E-state index contributed by atoms with van der Waals surface area (Å²) in [5, 5.41) is 1.79. The number of hydrogen-bond donors (Lipinski definition) is 2. The Labute approximate surface area is 107 Å². The summed E-state index contributed by atoms with van der Waals surface area (Å²) in [6.07, 6.45) is 2.25. The van der Waals surface area contributed by atoms with Gasteiger partial charge in [0.25, 0.3) is 0 Å². The summed E-state index contributed by atoms with van der Waals surface area (Å²) in [7, 11) is 0. The highest BCUT2D eigenvalue weighted by atomic mass is 16.2. The van der Waals surface area contributed by atoms with E-state index in [1.807, 2.05) is 4.90 Å². The van der Waals surface area contributed by atoms with Gasteiger partial charge in [0.05, 0.1) is 6.54 Å². The number of nitrogens with two attached hydrogens (primary N) is 1. The van der Waals surface area contributed by atoms with Crippen LogP contribution in [0.1, 0.15) is 12.8 Å². The van der Waals surface area contributed by atoms with Gasteiger partial charge in [0.1, 0.15) is 0 Å². The number of piperazine rings is 1. The normalized spacial score (nSPS) is 22.1. The lowest BCUT2D eigenvalue weighted by Crippen LogP contribution is -2.56. The molecule has 18 heavy (non-hydrogen) atoms. The first-order chi connectivity index (χ1) is 8.65. The van der Waals surface area contributed by atoms with E-state index in [4.69, 9.17) is 5.73 Å². The van der Waals surface area contributed by atoms with Gasteiger partial charge in [0.2, 0.25) is 5.91 Å². The fourth-order valence-electron chi connectivity index (χ4n) is 2.43. The number of rotatable bonds is 3. The van der Waals surface area contributed by atoms with Gasteiger partial charge in [-0.15, -0.1) is 0 Å². The second-order valence-electron chi connectivity index (χ2n) is 4.83. The number of primary amides is 1. The standard InChI is InChI=1S/C11H21N5O2/c12-11(18)13-16-7-5-14(6-8-16)9-10(17)15-3-1-2-4-15/h1-9H2,(H3,12,13,18). The Morgan fingerprint density at radius 2 is 1.61 bits per heavy atom. The molecule has 0 atom stereocenters. The average molecular weight is 255 g/mol. The number of amides is 3. The quantitative estimate of drug-likeness (QED) is 0.664. The number of likely N-dealkylation sites (tertiary alicyclic amines) is 1. The molecular formula is C11H21N5O2. The molecule has 0 radical (unpaired) electrons. The van der Waals surface area contributed by atoms with Crippen molar-refractivity contribution >= 4 is 11.9 Å². The molecule has 0 bridgehead atoms. The highest BCUT2D eigenvalue weighted by Crippen LogP contribution is 2.08. The molecule has 102 valence electrons. The van der Waals surface area contributed by atoms with Crippen molar-refractivity contribution in [3.8, 4) is 0 Å². The lowest BCUT2D eigenvalue weighted by atomic mass is 10.3. The van der Waals surface area contributed by atoms with Gasteiger partial charge in [-0.3, -0.25) is 15.1 Å². The zero-order chi connectivity index (χ0) is 13.0. The second-order valence-corrected chi connectivity index (χ2v) is 4.83. The summed E-state index contributed by atoms with van der Waals surface area (Å²) in [4.78, 5) is 26.7. The van der Waals surface area contributed by atoms with Crippen molar-refractivity contribution < 1.29 is 9.59 Å². The molecule has 0 aromatic rings. The SMILES string of the molecule is NC(=O)NN1CCN(CC(=O)N2CCCC2)CC1. The summed E-state index contributed by atoms with van der Waals surface area (Å²) in [6.45, 7) is 5.26. The van der Waals surface area contributed by atoms with Crippen LogP contribution in [0.25, 0.3) is 0 Å². The van der Waals surface area contributed by atoms with Crippen molar-refractivity contribution in [1.29, 1.82) is 0 Å². The first kappa shape index (κ1) is 13.1. The molecule has 0 aromatic carbocycles. The van der Waals surface area contributed by atoms with Crippen molar-refractivity contribution in [3.63, 3.8) is 0 Å². The largest absolute Gasteiger partial charge is 0.351 e. The molecule has 2 saturated heterocycles. The Balaban J connectivity index is 1.69. The van der Waals surface area contributed by atoms with Crippen LogP contribution in [0.4, 0.5) is 4.79 Å². The Morgan fingerprint density at radius 1 is 1.00 bits per heavy atom. The van der Waals surface area contributed by atoms with Crippen molar-refractivity contribution in [2.24, 2.45) is 5.73 Å². The van der Waals surface area contributed by atoms with Crippen LogP contribution < -0.4 is 11.2 Å². The smallest absolute Gasteiger partial charge is 0.326 e. The monoisotopic (exact) mass is 255 g/mol. The van der Waals surface area contributed by atoms with Crippen LogP contribution in [-0.2, 0) is 4.79 Å². The van der Waals surface area contributed by atoms with E-state index in [9.17, 15) is 9.59 Å². The predicted molar refractivity (Wildman–Crippen MR) is 66.5 cm³/mol. The Kier molecular flexibility index (Phi) is 4.38. The van der Waals surface area contributed by atoms with Gasteiger partial charge in [0.15, 0.2) is 0 Å². The zero-order valence-electron chi connectivity index (χ0n) is 10.6. The molecule has 0 spiro atoms. The molecule has 7 nitrogen and oxygen atoms in total. The van der Waals surface area contributed by atoms with Crippen molar-refractivity contribution in [2.45, 2.75) is 12.8 Å². The van der Waals surface area contributed by atoms with Crippen LogP contribution in [0.5, 0.6) is 0 Å². The minimum Gasteiger partial charge on any atom is -0.351 e. The minimum absolute atomic E-state index is 0.226. The van der Waals surface area contributed by atoms with E-state index >= 15 is 0 Å². The fraction of sp³-hybridized carbons (Fsp3) is 0.818. The molecule has 7 heteroatoms. The Morgan fingerprint density at radius 3 is 2.17 bits per heavy atom. The van der Waals surface area contributed by atoms with Gasteiger partial charge in [-0.25, -0.2) is 9.80 Å². The van der Waals surface area contributed by atoms with E-state index in [1.165, 1.54) is 0 Å². The van der Waals surface area contributed by atoms with Crippen LogP contribution in [0, 0.1) is 0 Å². The Bertz CT molecular complexity index is 309. The van der Waals surface area contributed by atoms with E-state index < -0.39 is 6.03 Å². The number of carbonyl (C=O) groups excluding carboxylic acids is 2. The van der Waals surface area contributed by atoms with E-state index in [1.54, 1.807) is 5.01 Å².